The van der Waals surface area contributed by atoms with Crippen molar-refractivity contribution >= 4 is 23.4 Å². The van der Waals surface area contributed by atoms with E-state index in [1.165, 1.54) is 5.56 Å². The first-order chi connectivity index (χ1) is 9.17. The smallest absolute Gasteiger partial charge is 0.101 e. The summed E-state index contributed by atoms with van der Waals surface area (Å²) in [6.07, 6.45) is 3.78. The maximum absolute atomic E-state index is 5.94. The molecule has 19 heavy (non-hydrogen) atoms. The zero-order valence-electron chi connectivity index (χ0n) is 10.8. The van der Waals surface area contributed by atoms with Gasteiger partial charge in [-0.05, 0) is 48.7 Å². The first-order valence-corrected chi connectivity index (χ1v) is 7.50. The third-order valence-electron chi connectivity index (χ3n) is 2.86. The van der Waals surface area contributed by atoms with Crippen LogP contribution in [-0.4, -0.2) is 11.0 Å². The lowest BCUT2D eigenvalue weighted by atomic mass is 10.1. The van der Waals surface area contributed by atoms with Crippen molar-refractivity contribution in [2.75, 3.05) is 0 Å². The van der Waals surface area contributed by atoms with E-state index in [0.29, 0.717) is 0 Å². The van der Waals surface area contributed by atoms with Gasteiger partial charge in [-0.1, -0.05) is 36.4 Å². The van der Waals surface area contributed by atoms with Gasteiger partial charge in [0.05, 0.1) is 0 Å². The molecule has 0 fully saturated rings. The molecule has 0 aliphatic heterocycles. The number of hydrogen-bond donors (Lipinski definition) is 1. The Hall–Kier alpha value is -1.03. The number of pyridine rings is 1. The summed E-state index contributed by atoms with van der Waals surface area (Å²) in [6, 6.07) is 12.1. The van der Waals surface area contributed by atoms with E-state index in [9.17, 15) is 0 Å². The molecule has 1 unspecified atom stereocenters. The predicted octanol–water partition coefficient (Wildman–Crippen LogP) is 4.17. The Morgan fingerprint density at radius 3 is 2.53 bits per heavy atom. The van der Waals surface area contributed by atoms with Gasteiger partial charge >= 0.3 is 0 Å². The van der Waals surface area contributed by atoms with E-state index in [-0.39, 0.29) is 6.04 Å². The highest BCUT2D eigenvalue weighted by atomic mass is 35.5. The van der Waals surface area contributed by atoms with E-state index in [2.05, 4.69) is 18.0 Å². The lowest BCUT2D eigenvalue weighted by Crippen LogP contribution is -2.21. The summed E-state index contributed by atoms with van der Waals surface area (Å²) in [5, 5.41) is 1.73. The summed E-state index contributed by atoms with van der Waals surface area (Å²) >= 11 is 7.49. The third-order valence-corrected chi connectivity index (χ3v) is 4.07. The molecule has 0 bridgehead atoms. The van der Waals surface area contributed by atoms with Gasteiger partial charge < -0.3 is 5.73 Å². The molecule has 0 radical (unpaired) electrons. The molecule has 0 aliphatic rings. The summed E-state index contributed by atoms with van der Waals surface area (Å²) in [6.45, 7) is 2.10. The van der Waals surface area contributed by atoms with Crippen LogP contribution in [0.15, 0.2) is 52.5 Å². The number of halogens is 1. The number of aromatic nitrogens is 1. The first kappa shape index (κ1) is 14.4. The lowest BCUT2D eigenvalue weighted by Gasteiger charge is -2.08. The van der Waals surface area contributed by atoms with Crippen molar-refractivity contribution in [1.29, 1.82) is 0 Å². The van der Waals surface area contributed by atoms with Crippen molar-refractivity contribution in [2.45, 2.75) is 35.7 Å². The molecule has 2 aromatic rings. The molecule has 1 heterocycles. The SMILES string of the molecule is CCC(N)Cc1ccc(Sc2ccc(Cl)cc2)nc1. The van der Waals surface area contributed by atoms with Gasteiger partial charge in [0.2, 0.25) is 0 Å². The highest BCUT2D eigenvalue weighted by molar-refractivity contribution is 7.99. The number of rotatable bonds is 5. The van der Waals surface area contributed by atoms with Crippen LogP contribution in [0.4, 0.5) is 0 Å². The Kier molecular flexibility index (Phi) is 5.25. The van der Waals surface area contributed by atoms with Crippen LogP contribution in [0.2, 0.25) is 5.02 Å². The van der Waals surface area contributed by atoms with Gasteiger partial charge in [0.1, 0.15) is 5.03 Å². The van der Waals surface area contributed by atoms with Gasteiger partial charge in [-0.25, -0.2) is 4.98 Å². The van der Waals surface area contributed by atoms with Crippen LogP contribution in [0.5, 0.6) is 0 Å². The van der Waals surface area contributed by atoms with Crippen molar-refractivity contribution in [1.82, 2.24) is 4.98 Å². The summed E-state index contributed by atoms with van der Waals surface area (Å²) in [5.41, 5.74) is 7.12. The maximum atomic E-state index is 5.94. The summed E-state index contributed by atoms with van der Waals surface area (Å²) in [7, 11) is 0. The fourth-order valence-electron chi connectivity index (χ4n) is 1.66. The van der Waals surface area contributed by atoms with Crippen LogP contribution in [0, 0.1) is 0 Å². The second kappa shape index (κ2) is 6.94. The second-order valence-corrected chi connectivity index (χ2v) is 5.96. The number of nitrogens with two attached hydrogens (primary N) is 1. The van der Waals surface area contributed by atoms with E-state index < -0.39 is 0 Å². The van der Waals surface area contributed by atoms with Gasteiger partial charge in [-0.2, -0.15) is 0 Å². The van der Waals surface area contributed by atoms with Gasteiger partial charge in [-0.15, -0.1) is 0 Å². The normalized spacial score (nSPS) is 12.4. The van der Waals surface area contributed by atoms with E-state index in [1.807, 2.05) is 36.5 Å². The number of hydrogen-bond acceptors (Lipinski definition) is 3. The Balaban J connectivity index is 2.00. The highest BCUT2D eigenvalue weighted by Gasteiger charge is 2.03. The molecule has 100 valence electrons. The molecule has 0 spiro atoms. The molecule has 0 aliphatic carbocycles. The molecule has 2 nitrogen and oxygen atoms in total. The summed E-state index contributed by atoms with van der Waals surface area (Å²) in [5.74, 6) is 0. The summed E-state index contributed by atoms with van der Waals surface area (Å²) in [4.78, 5) is 5.59. The van der Waals surface area contributed by atoms with Crippen molar-refractivity contribution in [3.63, 3.8) is 0 Å². The lowest BCUT2D eigenvalue weighted by molar-refractivity contribution is 0.644. The molecule has 2 rings (SSSR count). The fourth-order valence-corrected chi connectivity index (χ4v) is 2.54. The Bertz CT molecular complexity index is 511. The molecule has 1 aromatic heterocycles. The summed E-state index contributed by atoms with van der Waals surface area (Å²) < 4.78 is 0. The molecule has 0 amide bonds. The van der Waals surface area contributed by atoms with Crippen molar-refractivity contribution in [3.05, 3.63) is 53.2 Å². The Labute approximate surface area is 123 Å². The monoisotopic (exact) mass is 292 g/mol. The molecule has 1 aromatic carbocycles. The molecule has 0 saturated carbocycles. The molecule has 1 atom stereocenters. The minimum atomic E-state index is 0.219. The standard InChI is InChI=1S/C15H17ClN2S/c1-2-13(17)9-11-3-8-15(18-10-11)19-14-6-4-12(16)5-7-14/h3-8,10,13H,2,9,17H2,1H3. The fraction of sp³-hybridized carbons (Fsp3) is 0.267. The quantitative estimate of drug-likeness (QED) is 0.899. The zero-order valence-corrected chi connectivity index (χ0v) is 12.4. The Morgan fingerprint density at radius 2 is 1.95 bits per heavy atom. The topological polar surface area (TPSA) is 38.9 Å². The van der Waals surface area contributed by atoms with Crippen LogP contribution in [0.25, 0.3) is 0 Å². The molecular weight excluding hydrogens is 276 g/mol. The third kappa shape index (κ3) is 4.53. The predicted molar refractivity (Wildman–Crippen MR) is 81.8 cm³/mol. The van der Waals surface area contributed by atoms with E-state index in [4.69, 9.17) is 17.3 Å². The van der Waals surface area contributed by atoms with E-state index in [1.54, 1.807) is 11.8 Å². The van der Waals surface area contributed by atoms with Gasteiger partial charge in [-0.3, -0.25) is 0 Å². The van der Waals surface area contributed by atoms with Crippen LogP contribution in [0.1, 0.15) is 18.9 Å². The van der Waals surface area contributed by atoms with Gasteiger partial charge in [0.25, 0.3) is 0 Å². The van der Waals surface area contributed by atoms with E-state index in [0.717, 1.165) is 27.8 Å². The zero-order chi connectivity index (χ0) is 13.7. The molecule has 2 N–H and O–H groups in total. The average molecular weight is 293 g/mol. The second-order valence-electron chi connectivity index (χ2n) is 4.43. The first-order valence-electron chi connectivity index (χ1n) is 6.31. The highest BCUT2D eigenvalue weighted by Crippen LogP contribution is 2.27. The van der Waals surface area contributed by atoms with Crippen molar-refractivity contribution in [3.8, 4) is 0 Å². The average Bonchev–Trinajstić information content (AvgIpc) is 2.43. The van der Waals surface area contributed by atoms with Crippen molar-refractivity contribution in [2.24, 2.45) is 5.73 Å². The van der Waals surface area contributed by atoms with Crippen LogP contribution < -0.4 is 5.73 Å². The molecular formula is C15H17ClN2S. The minimum Gasteiger partial charge on any atom is -0.327 e. The largest absolute Gasteiger partial charge is 0.327 e. The van der Waals surface area contributed by atoms with Crippen LogP contribution in [-0.2, 0) is 6.42 Å². The number of nitrogens with zero attached hydrogens (tertiary/aromatic N) is 1. The molecule has 0 saturated heterocycles. The van der Waals surface area contributed by atoms with Crippen LogP contribution in [0.3, 0.4) is 0 Å². The van der Waals surface area contributed by atoms with Crippen LogP contribution >= 0.6 is 23.4 Å². The van der Waals surface area contributed by atoms with Crippen molar-refractivity contribution < 1.29 is 0 Å². The Morgan fingerprint density at radius 1 is 1.21 bits per heavy atom. The minimum absolute atomic E-state index is 0.219. The van der Waals surface area contributed by atoms with E-state index >= 15 is 0 Å². The number of benzene rings is 1. The maximum Gasteiger partial charge on any atom is 0.101 e. The van der Waals surface area contributed by atoms with Gasteiger partial charge in [0.15, 0.2) is 0 Å². The van der Waals surface area contributed by atoms with Gasteiger partial charge in [0, 0.05) is 22.2 Å². The molecule has 4 heteroatoms.